The first-order valence-corrected chi connectivity index (χ1v) is 12.5. The van der Waals surface area contributed by atoms with Gasteiger partial charge in [0.1, 0.15) is 18.4 Å². The third-order valence-corrected chi connectivity index (χ3v) is 6.65. The van der Waals surface area contributed by atoms with E-state index in [1.165, 1.54) is 16.7 Å². The first-order valence-electron chi connectivity index (χ1n) is 12.5. The van der Waals surface area contributed by atoms with Gasteiger partial charge < -0.3 is 20.3 Å². The van der Waals surface area contributed by atoms with E-state index >= 15 is 0 Å². The van der Waals surface area contributed by atoms with Crippen molar-refractivity contribution in [2.24, 2.45) is 0 Å². The monoisotopic (exact) mass is 485 g/mol. The van der Waals surface area contributed by atoms with Crippen molar-refractivity contribution >= 4 is 11.8 Å². The highest BCUT2D eigenvalue weighted by Gasteiger charge is 2.32. The summed E-state index contributed by atoms with van der Waals surface area (Å²) >= 11 is 0. The second-order valence-electron chi connectivity index (χ2n) is 9.56. The smallest absolute Gasteiger partial charge is 0.246 e. The van der Waals surface area contributed by atoms with E-state index in [0.29, 0.717) is 19.6 Å². The summed E-state index contributed by atoms with van der Waals surface area (Å²) in [5.41, 5.74) is 5.74. The SMILES string of the molecule is CNCC(=O)N[C@@H](Cc1ccc(OCc2ccc(C)cc2)cc1)C(=O)N1Cc2ccccc2C[C@H]1C. The molecule has 0 unspecified atom stereocenters. The third-order valence-electron chi connectivity index (χ3n) is 6.65. The lowest BCUT2D eigenvalue weighted by Crippen LogP contribution is -2.54. The van der Waals surface area contributed by atoms with Crippen LogP contribution in [0.25, 0.3) is 0 Å². The largest absolute Gasteiger partial charge is 0.489 e. The van der Waals surface area contributed by atoms with Crippen molar-refractivity contribution in [1.29, 1.82) is 0 Å². The van der Waals surface area contributed by atoms with Crippen LogP contribution in [0.3, 0.4) is 0 Å². The highest BCUT2D eigenvalue weighted by Crippen LogP contribution is 2.24. The number of aryl methyl sites for hydroxylation is 1. The van der Waals surface area contributed by atoms with Gasteiger partial charge in [-0.3, -0.25) is 9.59 Å². The lowest BCUT2D eigenvalue weighted by Gasteiger charge is -2.37. The van der Waals surface area contributed by atoms with E-state index in [9.17, 15) is 9.59 Å². The molecule has 0 spiro atoms. The quantitative estimate of drug-likeness (QED) is 0.484. The van der Waals surface area contributed by atoms with Gasteiger partial charge in [-0.2, -0.15) is 0 Å². The lowest BCUT2D eigenvalue weighted by molar-refractivity contribution is -0.139. The molecule has 36 heavy (non-hydrogen) atoms. The molecule has 1 aliphatic heterocycles. The predicted molar refractivity (Wildman–Crippen MR) is 142 cm³/mol. The van der Waals surface area contributed by atoms with Crippen LogP contribution in [-0.4, -0.2) is 42.4 Å². The molecule has 2 N–H and O–H groups in total. The molecular weight excluding hydrogens is 450 g/mol. The molecule has 3 aromatic rings. The van der Waals surface area contributed by atoms with Crippen LogP contribution in [0.2, 0.25) is 0 Å². The van der Waals surface area contributed by atoms with Crippen LogP contribution in [0.15, 0.2) is 72.8 Å². The van der Waals surface area contributed by atoms with Crippen LogP contribution in [0.5, 0.6) is 5.75 Å². The number of fused-ring (bicyclic) bond motifs is 1. The Kier molecular flexibility index (Phi) is 8.39. The molecule has 0 saturated heterocycles. The Morgan fingerprint density at radius 2 is 1.64 bits per heavy atom. The van der Waals surface area contributed by atoms with Crippen LogP contribution < -0.4 is 15.4 Å². The van der Waals surface area contributed by atoms with E-state index in [0.717, 1.165) is 23.3 Å². The molecule has 0 fully saturated rings. The highest BCUT2D eigenvalue weighted by atomic mass is 16.5. The molecule has 1 heterocycles. The zero-order chi connectivity index (χ0) is 25.5. The minimum Gasteiger partial charge on any atom is -0.489 e. The van der Waals surface area contributed by atoms with Crippen molar-refractivity contribution < 1.29 is 14.3 Å². The van der Waals surface area contributed by atoms with E-state index in [1.807, 2.05) is 41.3 Å². The number of carbonyl (C=O) groups excluding carboxylic acids is 2. The Morgan fingerprint density at radius 3 is 2.33 bits per heavy atom. The second-order valence-corrected chi connectivity index (χ2v) is 9.56. The van der Waals surface area contributed by atoms with Gasteiger partial charge in [-0.15, -0.1) is 0 Å². The molecule has 4 rings (SSSR count). The average Bonchev–Trinajstić information content (AvgIpc) is 2.88. The molecule has 0 bridgehead atoms. The molecule has 0 radical (unpaired) electrons. The number of nitrogens with one attached hydrogen (secondary N) is 2. The summed E-state index contributed by atoms with van der Waals surface area (Å²) in [4.78, 5) is 28.0. The maximum Gasteiger partial charge on any atom is 0.246 e. The van der Waals surface area contributed by atoms with Gasteiger partial charge in [-0.1, -0.05) is 66.2 Å². The number of nitrogens with zero attached hydrogens (tertiary/aromatic N) is 1. The van der Waals surface area contributed by atoms with Gasteiger partial charge in [-0.25, -0.2) is 0 Å². The number of amides is 2. The number of ether oxygens (including phenoxy) is 1. The normalized spacial score (nSPS) is 15.6. The summed E-state index contributed by atoms with van der Waals surface area (Å²) in [6.45, 7) is 5.34. The Labute approximate surface area is 213 Å². The van der Waals surface area contributed by atoms with Crippen molar-refractivity contribution in [2.45, 2.75) is 51.9 Å². The van der Waals surface area contributed by atoms with Gasteiger partial charge in [0.15, 0.2) is 0 Å². The number of rotatable bonds is 9. The van der Waals surface area contributed by atoms with Gasteiger partial charge in [0.2, 0.25) is 11.8 Å². The van der Waals surface area contributed by atoms with E-state index in [-0.39, 0.29) is 24.4 Å². The summed E-state index contributed by atoms with van der Waals surface area (Å²) in [6.07, 6.45) is 1.23. The van der Waals surface area contributed by atoms with Crippen molar-refractivity contribution in [3.63, 3.8) is 0 Å². The van der Waals surface area contributed by atoms with Crippen LogP contribution in [-0.2, 0) is 35.6 Å². The number of carbonyl (C=O) groups is 2. The third kappa shape index (κ3) is 6.52. The Hall–Kier alpha value is -3.64. The standard InChI is InChI=1S/C30H35N3O3/c1-21-8-10-24(11-9-21)20-36-27-14-12-23(13-15-27)17-28(32-29(34)18-31-3)30(35)33-19-26-7-5-4-6-25(26)16-22(33)2/h4-15,22,28,31H,16-20H2,1-3H3,(H,32,34)/t22-,28+/m1/s1. The number of hydrogen-bond donors (Lipinski definition) is 2. The molecule has 0 aromatic heterocycles. The summed E-state index contributed by atoms with van der Waals surface area (Å²) in [7, 11) is 1.72. The zero-order valence-corrected chi connectivity index (χ0v) is 21.3. The molecule has 1 aliphatic rings. The molecule has 6 heteroatoms. The van der Waals surface area contributed by atoms with E-state index in [4.69, 9.17) is 4.74 Å². The number of hydrogen-bond acceptors (Lipinski definition) is 4. The Balaban J connectivity index is 1.44. The zero-order valence-electron chi connectivity index (χ0n) is 21.3. The summed E-state index contributed by atoms with van der Waals surface area (Å²) in [6, 6.07) is 23.7. The fraction of sp³-hybridized carbons (Fsp3) is 0.333. The van der Waals surface area contributed by atoms with Crippen LogP contribution in [0.1, 0.15) is 34.7 Å². The summed E-state index contributed by atoms with van der Waals surface area (Å²) < 4.78 is 5.93. The van der Waals surface area contributed by atoms with E-state index in [2.05, 4.69) is 60.9 Å². The van der Waals surface area contributed by atoms with E-state index in [1.54, 1.807) is 7.05 Å². The predicted octanol–water partition coefficient (Wildman–Crippen LogP) is 3.79. The first kappa shape index (κ1) is 25.5. The highest BCUT2D eigenvalue weighted by molar-refractivity contribution is 5.89. The average molecular weight is 486 g/mol. The van der Waals surface area contributed by atoms with Gasteiger partial charge in [-0.05, 0) is 61.7 Å². The maximum atomic E-state index is 13.7. The van der Waals surface area contributed by atoms with E-state index < -0.39 is 6.04 Å². The maximum absolute atomic E-state index is 13.7. The molecule has 3 aromatic carbocycles. The molecule has 6 nitrogen and oxygen atoms in total. The molecule has 0 aliphatic carbocycles. The van der Waals surface area contributed by atoms with Crippen molar-refractivity contribution in [3.8, 4) is 5.75 Å². The minimum atomic E-state index is -0.641. The number of benzene rings is 3. The fourth-order valence-corrected chi connectivity index (χ4v) is 4.59. The molecular formula is C30H35N3O3. The van der Waals surface area contributed by atoms with Crippen molar-refractivity contribution in [2.75, 3.05) is 13.6 Å². The van der Waals surface area contributed by atoms with Gasteiger partial charge in [0, 0.05) is 19.0 Å². The first-order chi connectivity index (χ1) is 17.4. The topological polar surface area (TPSA) is 70.7 Å². The molecule has 2 amide bonds. The van der Waals surface area contributed by atoms with Gasteiger partial charge >= 0.3 is 0 Å². The lowest BCUT2D eigenvalue weighted by atomic mass is 9.93. The second kappa shape index (κ2) is 11.9. The van der Waals surface area contributed by atoms with Gasteiger partial charge in [0.05, 0.1) is 6.54 Å². The van der Waals surface area contributed by atoms with Crippen LogP contribution in [0.4, 0.5) is 0 Å². The van der Waals surface area contributed by atoms with Crippen molar-refractivity contribution in [1.82, 2.24) is 15.5 Å². The van der Waals surface area contributed by atoms with Crippen LogP contribution in [0, 0.1) is 6.92 Å². The van der Waals surface area contributed by atoms with Gasteiger partial charge in [0.25, 0.3) is 0 Å². The minimum absolute atomic E-state index is 0.0545. The Bertz CT molecular complexity index is 1170. The summed E-state index contributed by atoms with van der Waals surface area (Å²) in [5, 5.41) is 5.81. The Morgan fingerprint density at radius 1 is 0.972 bits per heavy atom. The van der Waals surface area contributed by atoms with Crippen LogP contribution >= 0.6 is 0 Å². The number of likely N-dealkylation sites (N-methyl/N-ethyl adjacent to an activating group) is 1. The van der Waals surface area contributed by atoms with Crippen molar-refractivity contribution in [3.05, 3.63) is 101 Å². The molecule has 0 saturated carbocycles. The summed E-state index contributed by atoms with van der Waals surface area (Å²) in [5.74, 6) is 0.516. The molecule has 2 atom stereocenters. The molecule has 188 valence electrons. The fourth-order valence-electron chi connectivity index (χ4n) is 4.59.